The lowest BCUT2D eigenvalue weighted by Crippen LogP contribution is -2.65. The molecule has 0 unspecified atom stereocenters. The van der Waals surface area contributed by atoms with Gasteiger partial charge in [0.25, 0.3) is 0 Å². The Bertz CT molecular complexity index is 1410. The van der Waals surface area contributed by atoms with Crippen molar-refractivity contribution in [3.05, 3.63) is 59.8 Å². The molecule has 2 aromatic carbocycles. The third-order valence-corrected chi connectivity index (χ3v) is 6.30. The molecular weight excluding hydrogens is 526 g/mol. The predicted octanol–water partition coefficient (Wildman–Crippen LogP) is 0.874. The summed E-state index contributed by atoms with van der Waals surface area (Å²) >= 11 is 0. The summed E-state index contributed by atoms with van der Waals surface area (Å²) in [6.45, 7) is 0.647. The van der Waals surface area contributed by atoms with Gasteiger partial charge in [0.1, 0.15) is 35.7 Å². The molecule has 2 heterocycles. The molecule has 0 aliphatic carbocycles. The van der Waals surface area contributed by atoms with Gasteiger partial charge in [-0.15, -0.1) is 0 Å². The number of benzene rings is 2. The van der Waals surface area contributed by atoms with E-state index in [2.05, 4.69) is 15.6 Å². The van der Waals surface area contributed by atoms with Crippen LogP contribution in [-0.2, 0) is 19.0 Å². The number of fused-ring (bicyclic) bond motifs is 1. The molecule has 13 nitrogen and oxygen atoms in total. The van der Waals surface area contributed by atoms with Gasteiger partial charge in [-0.05, 0) is 30.3 Å². The van der Waals surface area contributed by atoms with Crippen LogP contribution in [0.3, 0.4) is 0 Å². The van der Waals surface area contributed by atoms with Crippen LogP contribution in [0.2, 0.25) is 0 Å². The monoisotopic (exact) mass is 555 g/mol. The molecular formula is C27H29N3O10. The molecule has 1 aromatic heterocycles. The Morgan fingerprint density at radius 1 is 1.02 bits per heavy atom. The number of pyridine rings is 1. The van der Waals surface area contributed by atoms with Gasteiger partial charge in [-0.1, -0.05) is 6.07 Å². The van der Waals surface area contributed by atoms with E-state index in [1.165, 1.54) is 27.3 Å². The molecule has 4 rings (SSSR count). The summed E-state index contributed by atoms with van der Waals surface area (Å²) in [4.78, 5) is 40.8. The zero-order valence-electron chi connectivity index (χ0n) is 21.9. The van der Waals surface area contributed by atoms with Crippen molar-refractivity contribution in [1.82, 2.24) is 10.3 Å². The van der Waals surface area contributed by atoms with Crippen molar-refractivity contribution in [2.24, 2.45) is 0 Å². The van der Waals surface area contributed by atoms with Crippen LogP contribution < -0.4 is 15.4 Å². The zero-order chi connectivity index (χ0) is 29.0. The lowest BCUT2D eigenvalue weighted by Gasteiger charge is -2.42. The average Bonchev–Trinajstić information content (AvgIpc) is 2.96. The Morgan fingerprint density at radius 3 is 2.45 bits per heavy atom. The van der Waals surface area contributed by atoms with E-state index in [1.807, 2.05) is 0 Å². The summed E-state index contributed by atoms with van der Waals surface area (Å²) in [7, 11) is 2.49. The largest absolute Gasteiger partial charge is 0.465 e. The van der Waals surface area contributed by atoms with Gasteiger partial charge in [0.15, 0.2) is 0 Å². The van der Waals surface area contributed by atoms with Gasteiger partial charge >= 0.3 is 11.9 Å². The van der Waals surface area contributed by atoms with Crippen LogP contribution in [0.5, 0.6) is 5.75 Å². The summed E-state index contributed by atoms with van der Waals surface area (Å²) in [5.74, 6) is -1.48. The Labute approximate surface area is 228 Å². The lowest BCUT2D eigenvalue weighted by molar-refractivity contribution is -0.244. The number of esters is 2. The molecule has 1 fully saturated rings. The molecule has 0 spiro atoms. The van der Waals surface area contributed by atoms with Crippen molar-refractivity contribution in [2.45, 2.75) is 37.6 Å². The van der Waals surface area contributed by atoms with Crippen LogP contribution in [0.25, 0.3) is 10.9 Å². The highest BCUT2D eigenvalue weighted by molar-refractivity contribution is 6.07. The molecule has 13 heteroatoms. The van der Waals surface area contributed by atoms with Crippen molar-refractivity contribution >= 4 is 40.1 Å². The fourth-order valence-corrected chi connectivity index (χ4v) is 4.33. The molecule has 0 saturated carbocycles. The zero-order valence-corrected chi connectivity index (χ0v) is 21.9. The predicted molar refractivity (Wildman–Crippen MR) is 140 cm³/mol. The van der Waals surface area contributed by atoms with Gasteiger partial charge in [-0.25, -0.2) is 9.59 Å². The van der Waals surface area contributed by atoms with E-state index < -0.39 is 55.1 Å². The maximum atomic E-state index is 12.6. The number of nitrogens with one attached hydrogen (secondary N) is 2. The van der Waals surface area contributed by atoms with E-state index in [-0.39, 0.29) is 16.9 Å². The number of rotatable bonds is 8. The van der Waals surface area contributed by atoms with E-state index in [1.54, 1.807) is 42.5 Å². The number of aliphatic hydroxyl groups excluding tert-OH is 3. The molecule has 40 heavy (non-hydrogen) atoms. The van der Waals surface area contributed by atoms with Crippen LogP contribution >= 0.6 is 0 Å². The molecule has 1 amide bonds. The van der Waals surface area contributed by atoms with Crippen LogP contribution in [-0.4, -0.2) is 89.6 Å². The van der Waals surface area contributed by atoms with Gasteiger partial charge in [0, 0.05) is 30.3 Å². The first-order valence-corrected chi connectivity index (χ1v) is 12.2. The van der Waals surface area contributed by atoms with Crippen LogP contribution in [0, 0.1) is 0 Å². The molecule has 212 valence electrons. The quantitative estimate of drug-likeness (QED) is 0.247. The van der Waals surface area contributed by atoms with Gasteiger partial charge in [0.2, 0.25) is 12.2 Å². The standard InChI is InChI=1S/C27H29N3O10/c1-13(32)29-22-24(34)23(33)20(12-31)40-27(22)39-16-6-4-5-15(10-16)30-21-17-9-14(25(35)37-2)7-8-19(17)28-11-18(21)26(36)38-3/h4-11,20,22-24,27,31,33-34H,12H2,1-3H3,(H,28,30)(H,29,32)/t20-,22-,23+,24-,27-/m0/s1. The summed E-state index contributed by atoms with van der Waals surface area (Å²) in [6, 6.07) is 10.1. The smallest absolute Gasteiger partial charge is 0.341 e. The highest BCUT2D eigenvalue weighted by Gasteiger charge is 2.46. The van der Waals surface area contributed by atoms with Gasteiger partial charge in [-0.3, -0.25) is 9.78 Å². The second kappa shape index (κ2) is 12.3. The van der Waals surface area contributed by atoms with Crippen LogP contribution in [0.4, 0.5) is 11.4 Å². The second-order valence-electron chi connectivity index (χ2n) is 8.97. The number of nitrogens with zero attached hydrogens (tertiary/aromatic N) is 1. The fourth-order valence-electron chi connectivity index (χ4n) is 4.33. The Balaban J connectivity index is 1.69. The minimum absolute atomic E-state index is 0.104. The number of hydrogen-bond donors (Lipinski definition) is 5. The number of amides is 1. The Hall–Kier alpha value is -4.30. The maximum absolute atomic E-state index is 12.6. The summed E-state index contributed by atoms with van der Waals surface area (Å²) < 4.78 is 21.3. The van der Waals surface area contributed by atoms with E-state index in [0.717, 1.165) is 0 Å². The summed E-state index contributed by atoms with van der Waals surface area (Å²) in [5, 5.41) is 36.5. The number of aromatic nitrogens is 1. The SMILES string of the molecule is COC(=O)c1ccc2ncc(C(=O)OC)c(Nc3cccc(O[C@H]4O[C@@H](CO)[C@@H](O)[C@@H](O)[C@@H]4NC(C)=O)c3)c2c1. The Morgan fingerprint density at radius 2 is 1.77 bits per heavy atom. The van der Waals surface area contributed by atoms with Gasteiger partial charge < -0.3 is 44.9 Å². The topological polar surface area (TPSA) is 186 Å². The molecule has 3 aromatic rings. The molecule has 5 atom stereocenters. The number of methoxy groups -OCH3 is 2. The first-order chi connectivity index (χ1) is 19.2. The highest BCUT2D eigenvalue weighted by atomic mass is 16.7. The highest BCUT2D eigenvalue weighted by Crippen LogP contribution is 2.32. The van der Waals surface area contributed by atoms with Gasteiger partial charge in [0.05, 0.1) is 37.6 Å². The first kappa shape index (κ1) is 28.7. The number of aliphatic hydroxyl groups is 3. The molecule has 0 radical (unpaired) electrons. The van der Waals surface area contributed by atoms with E-state index in [9.17, 15) is 29.7 Å². The van der Waals surface area contributed by atoms with E-state index >= 15 is 0 Å². The van der Waals surface area contributed by atoms with Crippen LogP contribution in [0.15, 0.2) is 48.7 Å². The normalized spacial score (nSPS) is 22.3. The minimum Gasteiger partial charge on any atom is -0.465 e. The lowest BCUT2D eigenvalue weighted by atomic mass is 9.97. The number of carbonyl (C=O) groups is 3. The first-order valence-electron chi connectivity index (χ1n) is 12.2. The summed E-state index contributed by atoms with van der Waals surface area (Å²) in [6.07, 6.45) is -3.99. The van der Waals surface area contributed by atoms with Crippen molar-refractivity contribution in [3.63, 3.8) is 0 Å². The van der Waals surface area contributed by atoms with Crippen molar-refractivity contribution < 1.29 is 48.7 Å². The second-order valence-corrected chi connectivity index (χ2v) is 8.97. The number of anilines is 2. The van der Waals surface area contributed by atoms with E-state index in [0.29, 0.717) is 22.3 Å². The molecule has 1 saturated heterocycles. The number of ether oxygens (including phenoxy) is 4. The Kier molecular flexibility index (Phi) is 8.80. The molecule has 0 bridgehead atoms. The summed E-state index contributed by atoms with van der Waals surface area (Å²) in [5.41, 5.74) is 1.60. The van der Waals surface area contributed by atoms with Crippen molar-refractivity contribution in [2.75, 3.05) is 26.1 Å². The molecule has 1 aliphatic heterocycles. The number of hydrogen-bond acceptors (Lipinski definition) is 12. The average molecular weight is 556 g/mol. The number of carbonyl (C=O) groups excluding carboxylic acids is 3. The fraction of sp³-hybridized carbons (Fsp3) is 0.333. The third-order valence-electron chi connectivity index (χ3n) is 6.30. The van der Waals surface area contributed by atoms with Crippen LogP contribution in [0.1, 0.15) is 27.6 Å². The third kappa shape index (κ3) is 5.97. The minimum atomic E-state index is -1.48. The molecule has 5 N–H and O–H groups in total. The maximum Gasteiger partial charge on any atom is 0.341 e. The van der Waals surface area contributed by atoms with E-state index in [4.69, 9.17) is 18.9 Å². The van der Waals surface area contributed by atoms with Gasteiger partial charge in [-0.2, -0.15) is 0 Å². The van der Waals surface area contributed by atoms with Crippen molar-refractivity contribution in [1.29, 1.82) is 0 Å². The molecule has 1 aliphatic rings. The van der Waals surface area contributed by atoms with Crippen molar-refractivity contribution in [3.8, 4) is 5.75 Å².